The van der Waals surface area contributed by atoms with Gasteiger partial charge in [-0.15, -0.1) is 0 Å². The first-order valence-electron chi connectivity index (χ1n) is 6.79. The Morgan fingerprint density at radius 2 is 2.05 bits per heavy atom. The second kappa shape index (κ2) is 5.61. The van der Waals surface area contributed by atoms with Gasteiger partial charge < -0.3 is 5.32 Å². The molecule has 0 aliphatic heterocycles. The van der Waals surface area contributed by atoms with Crippen molar-refractivity contribution >= 4 is 21.4 Å². The molecule has 0 atom stereocenters. The normalized spacial score (nSPS) is 16.5. The Hall–Kier alpha value is -1.67. The lowest BCUT2D eigenvalue weighted by molar-refractivity contribution is -0.384. The molecule has 1 saturated carbocycles. The molecule has 116 valence electrons. The van der Waals surface area contributed by atoms with Gasteiger partial charge >= 0.3 is 0 Å². The van der Waals surface area contributed by atoms with Gasteiger partial charge in [-0.1, -0.05) is 6.92 Å². The van der Waals surface area contributed by atoms with Crippen LogP contribution in [-0.2, 0) is 10.0 Å². The molecule has 0 spiro atoms. The molecular weight excluding hydrogens is 294 g/mol. The number of anilines is 1. The van der Waals surface area contributed by atoms with Crippen LogP contribution in [0.1, 0.15) is 26.2 Å². The average Bonchev–Trinajstić information content (AvgIpc) is 3.25. The van der Waals surface area contributed by atoms with Crippen LogP contribution in [-0.4, -0.2) is 26.9 Å². The molecule has 0 amide bonds. The summed E-state index contributed by atoms with van der Waals surface area (Å²) in [6.45, 7) is 2.46. The van der Waals surface area contributed by atoms with Crippen molar-refractivity contribution in [2.24, 2.45) is 5.41 Å². The fraction of sp³-hybridized carbons (Fsp3) is 0.538. The molecule has 1 fully saturated rings. The Morgan fingerprint density at radius 3 is 2.52 bits per heavy atom. The van der Waals surface area contributed by atoms with E-state index in [9.17, 15) is 18.5 Å². The molecule has 0 radical (unpaired) electrons. The quantitative estimate of drug-likeness (QED) is 0.593. The van der Waals surface area contributed by atoms with Gasteiger partial charge in [-0.25, -0.2) is 13.1 Å². The first-order valence-corrected chi connectivity index (χ1v) is 8.28. The third kappa shape index (κ3) is 3.33. The summed E-state index contributed by atoms with van der Waals surface area (Å²) >= 11 is 0. The monoisotopic (exact) mass is 313 g/mol. The summed E-state index contributed by atoms with van der Waals surface area (Å²) in [7, 11) is -2.15. The summed E-state index contributed by atoms with van der Waals surface area (Å²) in [6, 6.07) is 3.68. The first-order chi connectivity index (χ1) is 9.83. The number of rotatable bonds is 7. The Labute approximate surface area is 123 Å². The first kappa shape index (κ1) is 15.7. The summed E-state index contributed by atoms with van der Waals surface area (Å²) in [5.74, 6) is 0. The van der Waals surface area contributed by atoms with E-state index in [1.54, 1.807) is 0 Å². The van der Waals surface area contributed by atoms with E-state index in [0.717, 1.165) is 19.3 Å². The van der Waals surface area contributed by atoms with Crippen LogP contribution in [0, 0.1) is 15.5 Å². The SMILES string of the molecule is CCC1(CNS(=O)(=O)c2ccc([N+](=O)[O-])cc2NC)CC1. The van der Waals surface area contributed by atoms with Crippen molar-refractivity contribution in [1.29, 1.82) is 0 Å². The van der Waals surface area contributed by atoms with Gasteiger partial charge in [-0.05, 0) is 30.7 Å². The highest BCUT2D eigenvalue weighted by Crippen LogP contribution is 2.48. The molecule has 2 N–H and O–H groups in total. The van der Waals surface area contributed by atoms with E-state index in [1.807, 2.05) is 6.92 Å². The molecule has 21 heavy (non-hydrogen) atoms. The predicted octanol–water partition coefficient (Wildman–Crippen LogP) is 2.10. The van der Waals surface area contributed by atoms with Crippen LogP contribution in [0.15, 0.2) is 23.1 Å². The average molecular weight is 313 g/mol. The maximum atomic E-state index is 12.4. The van der Waals surface area contributed by atoms with Gasteiger partial charge in [-0.2, -0.15) is 0 Å². The van der Waals surface area contributed by atoms with Gasteiger partial charge in [0.05, 0.1) is 10.6 Å². The van der Waals surface area contributed by atoms with E-state index in [-0.39, 0.29) is 21.7 Å². The summed E-state index contributed by atoms with van der Waals surface area (Å²) in [6.07, 6.45) is 3.00. The van der Waals surface area contributed by atoms with Crippen molar-refractivity contribution in [2.75, 3.05) is 18.9 Å². The smallest absolute Gasteiger partial charge is 0.271 e. The number of nitro groups is 1. The van der Waals surface area contributed by atoms with Gasteiger partial charge in [0, 0.05) is 25.7 Å². The van der Waals surface area contributed by atoms with Gasteiger partial charge in [0.25, 0.3) is 5.69 Å². The fourth-order valence-corrected chi connectivity index (χ4v) is 3.57. The molecule has 0 saturated heterocycles. The molecule has 1 aliphatic rings. The largest absolute Gasteiger partial charge is 0.387 e. The molecule has 1 aromatic rings. The Morgan fingerprint density at radius 1 is 1.38 bits per heavy atom. The van der Waals surface area contributed by atoms with Gasteiger partial charge in [0.1, 0.15) is 4.90 Å². The number of nitrogens with zero attached hydrogens (tertiary/aromatic N) is 1. The minimum absolute atomic E-state index is 0.0301. The number of hydrogen-bond acceptors (Lipinski definition) is 5. The van der Waals surface area contributed by atoms with Crippen molar-refractivity contribution in [3.8, 4) is 0 Å². The van der Waals surface area contributed by atoms with Crippen molar-refractivity contribution in [3.05, 3.63) is 28.3 Å². The summed E-state index contributed by atoms with van der Waals surface area (Å²) in [4.78, 5) is 10.2. The van der Waals surface area contributed by atoms with Crippen LogP contribution >= 0.6 is 0 Å². The number of benzene rings is 1. The second-order valence-corrected chi connectivity index (χ2v) is 7.10. The van der Waals surface area contributed by atoms with Gasteiger partial charge in [0.15, 0.2) is 0 Å². The fourth-order valence-electron chi connectivity index (χ4n) is 2.22. The Balaban J connectivity index is 2.25. The third-order valence-electron chi connectivity index (χ3n) is 4.08. The van der Waals surface area contributed by atoms with Crippen LogP contribution in [0.4, 0.5) is 11.4 Å². The number of hydrogen-bond donors (Lipinski definition) is 2. The van der Waals surface area contributed by atoms with E-state index in [1.165, 1.54) is 25.2 Å². The highest BCUT2D eigenvalue weighted by Gasteiger charge is 2.41. The maximum Gasteiger partial charge on any atom is 0.271 e. The minimum atomic E-state index is -3.68. The molecule has 8 heteroatoms. The molecule has 0 unspecified atom stereocenters. The number of non-ortho nitro benzene ring substituents is 1. The highest BCUT2D eigenvalue weighted by molar-refractivity contribution is 7.89. The van der Waals surface area contributed by atoms with E-state index >= 15 is 0 Å². The minimum Gasteiger partial charge on any atom is -0.387 e. The number of sulfonamides is 1. The summed E-state index contributed by atoms with van der Waals surface area (Å²) < 4.78 is 27.3. The zero-order chi connectivity index (χ0) is 15.7. The Kier molecular flexibility index (Phi) is 4.20. The van der Waals surface area contributed by atoms with Crippen LogP contribution in [0.5, 0.6) is 0 Å². The summed E-state index contributed by atoms with van der Waals surface area (Å²) in [5.41, 5.74) is 0.164. The molecule has 0 aromatic heterocycles. The highest BCUT2D eigenvalue weighted by atomic mass is 32.2. The van der Waals surface area contributed by atoms with Crippen molar-refractivity contribution in [3.63, 3.8) is 0 Å². The van der Waals surface area contributed by atoms with Crippen molar-refractivity contribution < 1.29 is 13.3 Å². The Bertz CT molecular complexity index is 653. The van der Waals surface area contributed by atoms with Gasteiger partial charge in [-0.3, -0.25) is 10.1 Å². The molecule has 2 rings (SSSR count). The van der Waals surface area contributed by atoms with Gasteiger partial charge in [0.2, 0.25) is 10.0 Å². The number of nitrogens with one attached hydrogen (secondary N) is 2. The lowest BCUT2D eigenvalue weighted by atomic mass is 10.1. The van der Waals surface area contributed by atoms with Crippen molar-refractivity contribution in [1.82, 2.24) is 4.72 Å². The van der Waals surface area contributed by atoms with Crippen LogP contribution in [0.2, 0.25) is 0 Å². The van der Waals surface area contributed by atoms with E-state index in [4.69, 9.17) is 0 Å². The zero-order valence-electron chi connectivity index (χ0n) is 12.0. The number of nitro benzene ring substituents is 1. The molecule has 1 aliphatic carbocycles. The molecule has 7 nitrogen and oxygen atoms in total. The summed E-state index contributed by atoms with van der Waals surface area (Å²) in [5, 5.41) is 13.4. The molecule has 0 bridgehead atoms. The lowest BCUT2D eigenvalue weighted by Gasteiger charge is -2.15. The van der Waals surface area contributed by atoms with Crippen molar-refractivity contribution in [2.45, 2.75) is 31.1 Å². The topological polar surface area (TPSA) is 101 Å². The van der Waals surface area contributed by atoms with Crippen LogP contribution in [0.25, 0.3) is 0 Å². The van der Waals surface area contributed by atoms with Crippen LogP contribution in [0.3, 0.4) is 0 Å². The van der Waals surface area contributed by atoms with Crippen LogP contribution < -0.4 is 10.0 Å². The molecule has 1 aromatic carbocycles. The van der Waals surface area contributed by atoms with E-state index < -0.39 is 14.9 Å². The van der Waals surface area contributed by atoms with E-state index in [2.05, 4.69) is 10.0 Å². The standard InChI is InChI=1S/C13H19N3O4S/c1-3-13(6-7-13)9-15-21(19,20)12-5-4-10(16(17)18)8-11(12)14-2/h4-5,8,14-15H,3,6-7,9H2,1-2H3. The third-order valence-corrected chi connectivity index (χ3v) is 5.54. The molecular formula is C13H19N3O4S. The predicted molar refractivity (Wildman–Crippen MR) is 79.8 cm³/mol. The molecule has 0 heterocycles. The van der Waals surface area contributed by atoms with E-state index in [0.29, 0.717) is 6.54 Å². The zero-order valence-corrected chi connectivity index (χ0v) is 12.9. The second-order valence-electron chi connectivity index (χ2n) is 5.37. The lowest BCUT2D eigenvalue weighted by Crippen LogP contribution is -2.30. The maximum absolute atomic E-state index is 12.4.